The minimum atomic E-state index is -0.600. The number of benzene rings is 1. The molecule has 22 heavy (non-hydrogen) atoms. The highest BCUT2D eigenvalue weighted by molar-refractivity contribution is 6.21. The lowest BCUT2D eigenvalue weighted by Crippen LogP contribution is -2.36. The molecule has 1 aliphatic heterocycles. The van der Waals surface area contributed by atoms with Gasteiger partial charge in [0.2, 0.25) is 0 Å². The van der Waals surface area contributed by atoms with E-state index in [0.717, 1.165) is 24.9 Å². The summed E-state index contributed by atoms with van der Waals surface area (Å²) >= 11 is 0. The van der Waals surface area contributed by atoms with Crippen molar-refractivity contribution in [3.05, 3.63) is 35.9 Å². The molecule has 6 nitrogen and oxygen atoms in total. The molecule has 1 heterocycles. The zero-order valence-corrected chi connectivity index (χ0v) is 12.7. The molecule has 0 amide bonds. The van der Waals surface area contributed by atoms with E-state index in [0.29, 0.717) is 18.8 Å². The van der Waals surface area contributed by atoms with Crippen LogP contribution < -0.4 is 4.90 Å². The SMILES string of the molecule is COC(=O)/C=C(\C(=O)OC)c1ccccc1N1CCOCC1. The average molecular weight is 305 g/mol. The summed E-state index contributed by atoms with van der Waals surface area (Å²) in [6.45, 7) is 2.71. The van der Waals surface area contributed by atoms with E-state index >= 15 is 0 Å². The van der Waals surface area contributed by atoms with Gasteiger partial charge in [-0.15, -0.1) is 0 Å². The molecule has 0 radical (unpaired) electrons. The highest BCUT2D eigenvalue weighted by Gasteiger charge is 2.21. The number of carbonyl (C=O) groups excluding carboxylic acids is 2. The molecule has 0 bridgehead atoms. The Kier molecular flexibility index (Phi) is 5.55. The van der Waals surface area contributed by atoms with Gasteiger partial charge in [-0.25, -0.2) is 9.59 Å². The van der Waals surface area contributed by atoms with Crippen LogP contribution in [0.2, 0.25) is 0 Å². The van der Waals surface area contributed by atoms with E-state index in [1.165, 1.54) is 14.2 Å². The largest absolute Gasteiger partial charge is 0.466 e. The van der Waals surface area contributed by atoms with Crippen LogP contribution in [0.4, 0.5) is 5.69 Å². The Bertz CT molecular complexity index is 576. The van der Waals surface area contributed by atoms with Gasteiger partial charge in [0, 0.05) is 30.4 Å². The van der Waals surface area contributed by atoms with Gasteiger partial charge in [-0.2, -0.15) is 0 Å². The maximum atomic E-state index is 12.1. The number of carbonyl (C=O) groups is 2. The normalized spacial score (nSPS) is 15.4. The maximum absolute atomic E-state index is 12.1. The number of para-hydroxylation sites is 1. The monoisotopic (exact) mass is 305 g/mol. The van der Waals surface area contributed by atoms with Crippen molar-refractivity contribution < 1.29 is 23.8 Å². The minimum Gasteiger partial charge on any atom is -0.466 e. The third-order valence-corrected chi connectivity index (χ3v) is 3.41. The molecular weight excluding hydrogens is 286 g/mol. The zero-order chi connectivity index (χ0) is 15.9. The van der Waals surface area contributed by atoms with E-state index in [4.69, 9.17) is 9.47 Å². The van der Waals surface area contributed by atoms with Crippen molar-refractivity contribution in [3.8, 4) is 0 Å². The summed E-state index contributed by atoms with van der Waals surface area (Å²) in [5.74, 6) is -1.18. The number of hydrogen-bond acceptors (Lipinski definition) is 6. The number of anilines is 1. The standard InChI is InChI=1S/C16H19NO5/c1-20-15(18)11-13(16(19)21-2)12-5-3-4-6-14(12)17-7-9-22-10-8-17/h3-6,11H,7-10H2,1-2H3/b13-11-. The molecule has 0 saturated carbocycles. The molecule has 1 aromatic rings. The van der Waals surface area contributed by atoms with Gasteiger partial charge < -0.3 is 19.1 Å². The highest BCUT2D eigenvalue weighted by atomic mass is 16.5. The second-order valence-electron chi connectivity index (χ2n) is 4.69. The molecule has 0 aromatic heterocycles. The van der Waals surface area contributed by atoms with Crippen LogP contribution in [0.3, 0.4) is 0 Å². The van der Waals surface area contributed by atoms with Crippen molar-refractivity contribution >= 4 is 23.2 Å². The fourth-order valence-corrected chi connectivity index (χ4v) is 2.31. The highest BCUT2D eigenvalue weighted by Crippen LogP contribution is 2.28. The van der Waals surface area contributed by atoms with Crippen molar-refractivity contribution in [1.82, 2.24) is 0 Å². The summed E-state index contributed by atoms with van der Waals surface area (Å²) in [5.41, 5.74) is 1.68. The number of methoxy groups -OCH3 is 2. The Morgan fingerprint density at radius 3 is 2.45 bits per heavy atom. The van der Waals surface area contributed by atoms with Gasteiger partial charge in [-0.1, -0.05) is 18.2 Å². The molecule has 1 aromatic carbocycles. The quantitative estimate of drug-likeness (QED) is 0.616. The Morgan fingerprint density at radius 2 is 1.82 bits per heavy atom. The van der Waals surface area contributed by atoms with E-state index in [-0.39, 0.29) is 5.57 Å². The van der Waals surface area contributed by atoms with Crippen molar-refractivity contribution in [3.63, 3.8) is 0 Å². The average Bonchev–Trinajstić information content (AvgIpc) is 2.59. The van der Waals surface area contributed by atoms with E-state index in [9.17, 15) is 9.59 Å². The van der Waals surface area contributed by atoms with Crippen molar-refractivity contribution in [2.24, 2.45) is 0 Å². The smallest absolute Gasteiger partial charge is 0.338 e. The van der Waals surface area contributed by atoms with Crippen LogP contribution in [0.25, 0.3) is 5.57 Å². The zero-order valence-electron chi connectivity index (χ0n) is 12.7. The predicted octanol–water partition coefficient (Wildman–Crippen LogP) is 1.25. The van der Waals surface area contributed by atoms with E-state index in [1.54, 1.807) is 6.07 Å². The van der Waals surface area contributed by atoms with E-state index in [1.807, 2.05) is 18.2 Å². The molecule has 0 unspecified atom stereocenters. The Hall–Kier alpha value is -2.34. The van der Waals surface area contributed by atoms with Crippen LogP contribution in [0.5, 0.6) is 0 Å². The lowest BCUT2D eigenvalue weighted by molar-refractivity contribution is -0.136. The van der Waals surface area contributed by atoms with Gasteiger partial charge in [0.15, 0.2) is 0 Å². The van der Waals surface area contributed by atoms with Crippen LogP contribution >= 0.6 is 0 Å². The number of hydrogen-bond donors (Lipinski definition) is 0. The number of nitrogens with zero attached hydrogens (tertiary/aromatic N) is 1. The molecule has 2 rings (SSSR count). The number of morpholine rings is 1. The third-order valence-electron chi connectivity index (χ3n) is 3.41. The number of ether oxygens (including phenoxy) is 3. The van der Waals surface area contributed by atoms with Crippen LogP contribution in [-0.4, -0.2) is 52.5 Å². The molecule has 1 saturated heterocycles. The van der Waals surface area contributed by atoms with E-state index in [2.05, 4.69) is 9.64 Å². The summed E-state index contributed by atoms with van der Waals surface area (Å²) in [6, 6.07) is 7.40. The first-order chi connectivity index (χ1) is 10.7. The van der Waals surface area contributed by atoms with E-state index < -0.39 is 11.9 Å². The molecule has 6 heteroatoms. The summed E-state index contributed by atoms with van der Waals surface area (Å²) in [6.07, 6.45) is 1.16. The first-order valence-electron chi connectivity index (χ1n) is 6.97. The van der Waals surface area contributed by atoms with Gasteiger partial charge in [-0.3, -0.25) is 0 Å². The lowest BCUT2D eigenvalue weighted by Gasteiger charge is -2.30. The van der Waals surface area contributed by atoms with Gasteiger partial charge >= 0.3 is 11.9 Å². The molecule has 1 fully saturated rings. The summed E-state index contributed by atoms with van der Waals surface area (Å²) in [5, 5.41) is 0. The fourth-order valence-electron chi connectivity index (χ4n) is 2.31. The van der Waals surface area contributed by atoms with Crippen LogP contribution in [0.1, 0.15) is 5.56 Å². The maximum Gasteiger partial charge on any atom is 0.338 e. The fraction of sp³-hybridized carbons (Fsp3) is 0.375. The summed E-state index contributed by atoms with van der Waals surface area (Å²) in [4.78, 5) is 25.7. The van der Waals surface area contributed by atoms with Crippen LogP contribution in [0, 0.1) is 0 Å². The Morgan fingerprint density at radius 1 is 1.14 bits per heavy atom. The topological polar surface area (TPSA) is 65.1 Å². The van der Waals surface area contributed by atoms with Crippen molar-refractivity contribution in [2.45, 2.75) is 0 Å². The first kappa shape index (κ1) is 16.0. The van der Waals surface area contributed by atoms with Gasteiger partial charge in [0.1, 0.15) is 0 Å². The molecule has 118 valence electrons. The second-order valence-corrected chi connectivity index (χ2v) is 4.69. The van der Waals surface area contributed by atoms with Gasteiger partial charge in [-0.05, 0) is 6.07 Å². The Balaban J connectivity index is 2.45. The van der Waals surface area contributed by atoms with Crippen molar-refractivity contribution in [2.75, 3.05) is 45.4 Å². The molecular formula is C16H19NO5. The molecule has 1 aliphatic rings. The van der Waals surface area contributed by atoms with Crippen molar-refractivity contribution in [1.29, 1.82) is 0 Å². The molecule has 0 N–H and O–H groups in total. The van der Waals surface area contributed by atoms with Crippen LogP contribution in [-0.2, 0) is 23.8 Å². The molecule has 0 aliphatic carbocycles. The molecule has 0 atom stereocenters. The Labute approximate surface area is 129 Å². The van der Waals surface area contributed by atoms with Gasteiger partial charge in [0.05, 0.1) is 33.0 Å². The third kappa shape index (κ3) is 3.65. The number of esters is 2. The molecule has 0 spiro atoms. The second kappa shape index (κ2) is 7.61. The summed E-state index contributed by atoms with van der Waals surface area (Å²) in [7, 11) is 2.55. The first-order valence-corrected chi connectivity index (χ1v) is 6.97. The minimum absolute atomic E-state index is 0.177. The van der Waals surface area contributed by atoms with Crippen LogP contribution in [0.15, 0.2) is 30.3 Å². The summed E-state index contributed by atoms with van der Waals surface area (Å²) < 4.78 is 14.8. The number of rotatable bonds is 4. The predicted molar refractivity (Wildman–Crippen MR) is 81.5 cm³/mol. The van der Waals surface area contributed by atoms with Gasteiger partial charge in [0.25, 0.3) is 0 Å². The lowest BCUT2D eigenvalue weighted by atomic mass is 10.0.